The second-order valence-corrected chi connectivity index (χ2v) is 2.49. The molecule has 72 valence electrons. The van der Waals surface area contributed by atoms with Crippen LogP contribution in [0.1, 0.15) is 32.6 Å². The van der Waals surface area contributed by atoms with Gasteiger partial charge in [-0.2, -0.15) is 0 Å². The van der Waals surface area contributed by atoms with Gasteiger partial charge >= 0.3 is 5.97 Å². The molecule has 0 heterocycles. The quantitative estimate of drug-likeness (QED) is 0.356. The molecule has 4 heteroatoms. The van der Waals surface area contributed by atoms with E-state index in [9.17, 15) is 4.79 Å². The first kappa shape index (κ1) is 11.4. The van der Waals surface area contributed by atoms with Crippen molar-refractivity contribution in [2.75, 3.05) is 13.2 Å². The lowest BCUT2D eigenvalue weighted by Crippen LogP contribution is -2.04. The van der Waals surface area contributed by atoms with Gasteiger partial charge in [0.05, 0.1) is 13.2 Å². The first-order valence-corrected chi connectivity index (χ1v) is 4.28. The molecule has 0 radical (unpaired) electrons. The molecule has 0 unspecified atom stereocenters. The third-order valence-corrected chi connectivity index (χ3v) is 1.45. The zero-order valence-corrected chi connectivity index (χ0v) is 7.54. The lowest BCUT2D eigenvalue weighted by molar-refractivity contribution is -0.143. The summed E-state index contributed by atoms with van der Waals surface area (Å²) in [5, 5.41) is 0. The van der Waals surface area contributed by atoms with Crippen LogP contribution in [-0.4, -0.2) is 19.2 Å². The summed E-state index contributed by atoms with van der Waals surface area (Å²) in [5.41, 5.74) is 0. The van der Waals surface area contributed by atoms with Crippen LogP contribution in [0.3, 0.4) is 0 Å². The van der Waals surface area contributed by atoms with Gasteiger partial charge in [0, 0.05) is 6.42 Å². The summed E-state index contributed by atoms with van der Waals surface area (Å²) in [5.74, 6) is 4.71. The van der Waals surface area contributed by atoms with E-state index in [0.717, 1.165) is 19.3 Å². The number of ether oxygens (including phenoxy) is 1. The van der Waals surface area contributed by atoms with Crippen molar-refractivity contribution in [3.63, 3.8) is 0 Å². The maximum Gasteiger partial charge on any atom is 0.305 e. The van der Waals surface area contributed by atoms with Gasteiger partial charge < -0.3 is 9.57 Å². The molecule has 0 aromatic heterocycles. The van der Waals surface area contributed by atoms with Gasteiger partial charge in [-0.25, -0.2) is 5.90 Å². The van der Waals surface area contributed by atoms with Crippen molar-refractivity contribution in [2.24, 2.45) is 5.90 Å². The number of rotatable bonds is 7. The molecule has 0 bridgehead atoms. The molecule has 2 N–H and O–H groups in total. The van der Waals surface area contributed by atoms with Crippen LogP contribution in [0.5, 0.6) is 0 Å². The highest BCUT2D eigenvalue weighted by molar-refractivity contribution is 5.69. The number of hydrogen-bond acceptors (Lipinski definition) is 4. The van der Waals surface area contributed by atoms with Crippen LogP contribution in [0, 0.1) is 0 Å². The molecule has 0 saturated heterocycles. The molecule has 0 aliphatic carbocycles. The van der Waals surface area contributed by atoms with Crippen molar-refractivity contribution in [1.29, 1.82) is 0 Å². The Morgan fingerprint density at radius 3 is 2.67 bits per heavy atom. The van der Waals surface area contributed by atoms with E-state index in [1.165, 1.54) is 0 Å². The molecular weight excluding hydrogens is 158 g/mol. The molecule has 0 atom stereocenters. The first-order chi connectivity index (χ1) is 5.81. The Kier molecular flexibility index (Phi) is 8.05. The van der Waals surface area contributed by atoms with E-state index in [2.05, 4.69) is 4.84 Å². The molecule has 0 spiro atoms. The molecule has 0 saturated carbocycles. The molecule has 12 heavy (non-hydrogen) atoms. The number of esters is 1. The minimum Gasteiger partial charge on any atom is -0.466 e. The summed E-state index contributed by atoms with van der Waals surface area (Å²) in [6.45, 7) is 2.83. The predicted octanol–water partition coefficient (Wildman–Crippen LogP) is 1.00. The van der Waals surface area contributed by atoms with E-state index in [1.807, 2.05) is 0 Å². The zero-order valence-electron chi connectivity index (χ0n) is 7.54. The predicted molar refractivity (Wildman–Crippen MR) is 45.2 cm³/mol. The third kappa shape index (κ3) is 7.50. The van der Waals surface area contributed by atoms with Crippen molar-refractivity contribution in [3.05, 3.63) is 0 Å². The maximum atomic E-state index is 10.8. The van der Waals surface area contributed by atoms with Gasteiger partial charge in [-0.3, -0.25) is 4.79 Å². The minimum atomic E-state index is -0.119. The number of carbonyl (C=O) groups is 1. The van der Waals surface area contributed by atoms with Crippen molar-refractivity contribution in [3.8, 4) is 0 Å². The van der Waals surface area contributed by atoms with Crippen LogP contribution >= 0.6 is 0 Å². The van der Waals surface area contributed by atoms with Crippen molar-refractivity contribution in [2.45, 2.75) is 32.6 Å². The number of nitrogens with two attached hydrogens (primary N) is 1. The monoisotopic (exact) mass is 175 g/mol. The average Bonchev–Trinajstić information content (AvgIpc) is 2.05. The van der Waals surface area contributed by atoms with E-state index in [0.29, 0.717) is 19.6 Å². The van der Waals surface area contributed by atoms with Crippen molar-refractivity contribution < 1.29 is 14.4 Å². The highest BCUT2D eigenvalue weighted by Crippen LogP contribution is 2.00. The Balaban J connectivity index is 3.03. The summed E-state index contributed by atoms with van der Waals surface area (Å²) in [4.78, 5) is 15.2. The normalized spacial score (nSPS) is 9.83. The first-order valence-electron chi connectivity index (χ1n) is 4.28. The summed E-state index contributed by atoms with van der Waals surface area (Å²) < 4.78 is 4.75. The highest BCUT2D eigenvalue weighted by atomic mass is 16.6. The second kappa shape index (κ2) is 8.49. The van der Waals surface area contributed by atoms with Crippen molar-refractivity contribution in [1.82, 2.24) is 0 Å². The Morgan fingerprint density at radius 1 is 1.33 bits per heavy atom. The van der Waals surface area contributed by atoms with Gasteiger partial charge in [-0.05, 0) is 19.8 Å². The fraction of sp³-hybridized carbons (Fsp3) is 0.875. The SMILES string of the molecule is CCOC(=O)CCCCCON. The van der Waals surface area contributed by atoms with Crippen LogP contribution in [0.15, 0.2) is 0 Å². The fourth-order valence-corrected chi connectivity index (χ4v) is 0.865. The van der Waals surface area contributed by atoms with Gasteiger partial charge in [0.1, 0.15) is 0 Å². The van der Waals surface area contributed by atoms with Crippen LogP contribution in [0.2, 0.25) is 0 Å². The average molecular weight is 175 g/mol. The zero-order chi connectivity index (χ0) is 9.23. The van der Waals surface area contributed by atoms with Crippen LogP contribution in [0.25, 0.3) is 0 Å². The lowest BCUT2D eigenvalue weighted by atomic mass is 10.2. The molecule has 0 aliphatic heterocycles. The van der Waals surface area contributed by atoms with E-state index < -0.39 is 0 Å². The fourth-order valence-electron chi connectivity index (χ4n) is 0.865. The smallest absolute Gasteiger partial charge is 0.305 e. The lowest BCUT2D eigenvalue weighted by Gasteiger charge is -2.00. The van der Waals surface area contributed by atoms with Gasteiger partial charge in [-0.1, -0.05) is 6.42 Å². The molecule has 0 aromatic rings. The molecule has 0 amide bonds. The summed E-state index contributed by atoms with van der Waals surface area (Å²) in [6, 6.07) is 0. The summed E-state index contributed by atoms with van der Waals surface area (Å²) in [7, 11) is 0. The Morgan fingerprint density at radius 2 is 2.08 bits per heavy atom. The van der Waals surface area contributed by atoms with Crippen LogP contribution < -0.4 is 5.90 Å². The third-order valence-electron chi connectivity index (χ3n) is 1.45. The van der Waals surface area contributed by atoms with Gasteiger partial charge in [0.15, 0.2) is 0 Å². The standard InChI is InChI=1S/C8H17NO3/c1-2-11-8(10)6-4-3-5-7-12-9/h2-7,9H2,1H3. The Bertz CT molecular complexity index is 117. The van der Waals surface area contributed by atoms with E-state index in [4.69, 9.17) is 10.6 Å². The number of hydrogen-bond donors (Lipinski definition) is 1. The number of carbonyl (C=O) groups excluding carboxylic acids is 1. The molecular formula is C8H17NO3. The Hall–Kier alpha value is -0.610. The summed E-state index contributed by atoms with van der Waals surface area (Å²) >= 11 is 0. The molecule has 0 fully saturated rings. The molecule has 4 nitrogen and oxygen atoms in total. The van der Waals surface area contributed by atoms with E-state index in [1.54, 1.807) is 6.92 Å². The number of unbranched alkanes of at least 4 members (excludes halogenated alkanes) is 2. The van der Waals surface area contributed by atoms with Gasteiger partial charge in [-0.15, -0.1) is 0 Å². The molecule has 0 aliphatic rings. The Labute approximate surface area is 73.0 Å². The van der Waals surface area contributed by atoms with E-state index in [-0.39, 0.29) is 5.97 Å². The van der Waals surface area contributed by atoms with Crippen LogP contribution in [-0.2, 0) is 14.4 Å². The molecule has 0 rings (SSSR count). The molecule has 0 aromatic carbocycles. The maximum absolute atomic E-state index is 10.8. The second-order valence-electron chi connectivity index (χ2n) is 2.49. The largest absolute Gasteiger partial charge is 0.466 e. The van der Waals surface area contributed by atoms with Gasteiger partial charge in [0.25, 0.3) is 0 Å². The summed E-state index contributed by atoms with van der Waals surface area (Å²) in [6.07, 6.45) is 3.20. The van der Waals surface area contributed by atoms with Gasteiger partial charge in [0.2, 0.25) is 0 Å². The van der Waals surface area contributed by atoms with Crippen molar-refractivity contribution >= 4 is 5.97 Å². The highest BCUT2D eigenvalue weighted by Gasteiger charge is 1.99. The van der Waals surface area contributed by atoms with E-state index >= 15 is 0 Å². The van der Waals surface area contributed by atoms with Crippen LogP contribution in [0.4, 0.5) is 0 Å². The minimum absolute atomic E-state index is 0.119. The topological polar surface area (TPSA) is 61.5 Å².